The number of carbonyl (C=O) groups excluding carboxylic acids is 2. The van der Waals surface area contributed by atoms with Crippen LogP contribution in [0.3, 0.4) is 0 Å². The number of hydrogen-bond acceptors (Lipinski definition) is 6. The lowest BCUT2D eigenvalue weighted by Crippen LogP contribution is -2.17. The van der Waals surface area contributed by atoms with Crippen molar-refractivity contribution in [1.82, 2.24) is 15.4 Å². The molecule has 0 saturated carbocycles. The molecule has 0 fully saturated rings. The molecule has 4 aromatic rings. The Balaban J connectivity index is 1.51. The van der Waals surface area contributed by atoms with Gasteiger partial charge in [-0.2, -0.15) is 0 Å². The van der Waals surface area contributed by atoms with E-state index in [1.54, 1.807) is 41.9 Å². The van der Waals surface area contributed by atoms with E-state index in [-0.39, 0.29) is 23.4 Å². The highest BCUT2D eigenvalue weighted by Gasteiger charge is 2.13. The van der Waals surface area contributed by atoms with E-state index in [1.165, 1.54) is 36.7 Å². The Hall–Kier alpha value is -4.54. The van der Waals surface area contributed by atoms with Gasteiger partial charge in [0.2, 0.25) is 0 Å². The van der Waals surface area contributed by atoms with Gasteiger partial charge in [-0.25, -0.2) is 9.87 Å². The van der Waals surface area contributed by atoms with Crippen LogP contribution in [0.15, 0.2) is 73.1 Å². The SMILES string of the molecule is NCc1ccc(F)c(NC(=O)c2cccc(Oc3ccnc(-c4cc(C(=O)NO)c[nH]4)c3)c2)c1. The first-order valence-electron chi connectivity index (χ1n) is 10.1. The molecule has 2 heterocycles. The number of rotatable bonds is 7. The largest absolute Gasteiger partial charge is 0.457 e. The number of pyridine rings is 1. The smallest absolute Gasteiger partial charge is 0.276 e. The van der Waals surface area contributed by atoms with E-state index in [9.17, 15) is 14.0 Å². The topological polar surface area (TPSA) is 142 Å². The molecule has 0 unspecified atom stereocenters. The van der Waals surface area contributed by atoms with Crippen molar-refractivity contribution in [3.05, 3.63) is 95.6 Å². The zero-order chi connectivity index (χ0) is 24.1. The summed E-state index contributed by atoms with van der Waals surface area (Å²) in [5.74, 6) is -0.902. The standard InChI is InChI=1S/C24H20FN5O4/c25-19-5-4-14(12-26)8-20(19)29-23(31)15-2-1-3-17(9-15)34-18-6-7-27-22(11-18)21-10-16(13-28-21)24(32)30-33/h1-11,13,28,33H,12,26H2,(H,29,31)(H,30,32). The van der Waals surface area contributed by atoms with Gasteiger partial charge in [-0.05, 0) is 48.0 Å². The minimum absolute atomic E-state index is 0.0400. The number of hydroxylamine groups is 1. The first-order valence-corrected chi connectivity index (χ1v) is 10.1. The number of aromatic amines is 1. The number of halogens is 1. The lowest BCUT2D eigenvalue weighted by Gasteiger charge is -2.10. The monoisotopic (exact) mass is 461 g/mol. The van der Waals surface area contributed by atoms with Crippen LogP contribution in [0, 0.1) is 5.82 Å². The van der Waals surface area contributed by atoms with E-state index < -0.39 is 17.6 Å². The number of nitrogens with zero attached hydrogens (tertiary/aromatic N) is 1. The van der Waals surface area contributed by atoms with Gasteiger partial charge in [-0.3, -0.25) is 19.8 Å². The average Bonchev–Trinajstić information content (AvgIpc) is 3.36. The first kappa shape index (κ1) is 22.6. The van der Waals surface area contributed by atoms with E-state index in [2.05, 4.69) is 15.3 Å². The molecule has 34 heavy (non-hydrogen) atoms. The molecule has 0 aliphatic heterocycles. The molecule has 0 aliphatic carbocycles. The summed E-state index contributed by atoms with van der Waals surface area (Å²) in [6, 6.07) is 15.5. The quantitative estimate of drug-likeness (QED) is 0.209. The Morgan fingerprint density at radius 3 is 2.65 bits per heavy atom. The van der Waals surface area contributed by atoms with Crippen molar-refractivity contribution in [3.8, 4) is 22.9 Å². The number of benzene rings is 2. The number of ether oxygens (including phenoxy) is 1. The summed E-state index contributed by atoms with van der Waals surface area (Å²) in [6.45, 7) is 0.221. The second kappa shape index (κ2) is 9.94. The Bertz CT molecular complexity index is 1350. The van der Waals surface area contributed by atoms with Crippen LogP contribution in [0.25, 0.3) is 11.4 Å². The molecule has 0 saturated heterocycles. The van der Waals surface area contributed by atoms with Gasteiger partial charge in [0, 0.05) is 30.6 Å². The number of nitrogens with one attached hydrogen (secondary N) is 3. The fourth-order valence-corrected chi connectivity index (χ4v) is 3.19. The van der Waals surface area contributed by atoms with Gasteiger partial charge in [0.1, 0.15) is 17.3 Å². The summed E-state index contributed by atoms with van der Waals surface area (Å²) in [7, 11) is 0. The van der Waals surface area contributed by atoms with Crippen molar-refractivity contribution in [2.24, 2.45) is 5.73 Å². The minimum Gasteiger partial charge on any atom is -0.457 e. The predicted octanol–water partition coefficient (Wildman–Crippen LogP) is 3.84. The third-order valence-electron chi connectivity index (χ3n) is 4.90. The summed E-state index contributed by atoms with van der Waals surface area (Å²) in [5.41, 5.74) is 9.43. The third kappa shape index (κ3) is 5.09. The zero-order valence-corrected chi connectivity index (χ0v) is 17.7. The van der Waals surface area contributed by atoms with E-state index in [4.69, 9.17) is 15.7 Å². The fraction of sp³-hybridized carbons (Fsp3) is 0.0417. The van der Waals surface area contributed by atoms with Crippen molar-refractivity contribution >= 4 is 17.5 Å². The third-order valence-corrected chi connectivity index (χ3v) is 4.90. The van der Waals surface area contributed by atoms with Crippen LogP contribution < -0.4 is 21.3 Å². The van der Waals surface area contributed by atoms with Crippen LogP contribution in [0.4, 0.5) is 10.1 Å². The van der Waals surface area contributed by atoms with Gasteiger partial charge in [0.05, 0.1) is 22.6 Å². The second-order valence-corrected chi connectivity index (χ2v) is 7.22. The fourth-order valence-electron chi connectivity index (χ4n) is 3.19. The van der Waals surface area contributed by atoms with Crippen molar-refractivity contribution in [1.29, 1.82) is 0 Å². The maximum absolute atomic E-state index is 14.1. The Labute approximate surface area is 193 Å². The summed E-state index contributed by atoms with van der Waals surface area (Å²) >= 11 is 0. The molecule has 9 nitrogen and oxygen atoms in total. The molecule has 2 amide bonds. The van der Waals surface area contributed by atoms with Crippen LogP contribution in [0.2, 0.25) is 0 Å². The number of nitrogens with two attached hydrogens (primary N) is 1. The van der Waals surface area contributed by atoms with Crippen LogP contribution in [-0.2, 0) is 6.54 Å². The van der Waals surface area contributed by atoms with Crippen LogP contribution >= 0.6 is 0 Å². The normalized spacial score (nSPS) is 10.6. The highest BCUT2D eigenvalue weighted by molar-refractivity contribution is 6.04. The van der Waals surface area contributed by atoms with Crippen molar-refractivity contribution < 1.29 is 23.9 Å². The predicted molar refractivity (Wildman–Crippen MR) is 122 cm³/mol. The number of hydrogen-bond donors (Lipinski definition) is 5. The van der Waals surface area contributed by atoms with E-state index in [0.717, 1.165) is 0 Å². The maximum atomic E-state index is 14.1. The second-order valence-electron chi connectivity index (χ2n) is 7.22. The van der Waals surface area contributed by atoms with E-state index in [1.807, 2.05) is 0 Å². The Morgan fingerprint density at radius 1 is 1.03 bits per heavy atom. The molecule has 172 valence electrons. The number of H-pyrrole nitrogens is 1. The highest BCUT2D eigenvalue weighted by Crippen LogP contribution is 2.27. The molecule has 0 radical (unpaired) electrons. The molecule has 0 spiro atoms. The summed E-state index contributed by atoms with van der Waals surface area (Å²) in [6.07, 6.45) is 2.96. The van der Waals surface area contributed by atoms with Crippen LogP contribution in [0.1, 0.15) is 26.3 Å². The van der Waals surface area contributed by atoms with Crippen molar-refractivity contribution in [2.45, 2.75) is 6.54 Å². The van der Waals surface area contributed by atoms with Crippen LogP contribution in [-0.4, -0.2) is 27.0 Å². The Morgan fingerprint density at radius 2 is 1.85 bits per heavy atom. The average molecular weight is 461 g/mol. The molecule has 2 aromatic carbocycles. The lowest BCUT2D eigenvalue weighted by atomic mass is 10.1. The van der Waals surface area contributed by atoms with E-state index in [0.29, 0.717) is 28.5 Å². The maximum Gasteiger partial charge on any atom is 0.276 e. The summed E-state index contributed by atoms with van der Waals surface area (Å²) < 4.78 is 19.9. The molecule has 0 bridgehead atoms. The number of carbonyl (C=O) groups is 2. The molecule has 4 rings (SSSR count). The minimum atomic E-state index is -0.653. The number of anilines is 1. The Kier molecular flexibility index (Phi) is 6.62. The van der Waals surface area contributed by atoms with Gasteiger partial charge in [0.25, 0.3) is 11.8 Å². The van der Waals surface area contributed by atoms with Gasteiger partial charge in [-0.15, -0.1) is 0 Å². The molecule has 2 aromatic heterocycles. The van der Waals surface area contributed by atoms with E-state index >= 15 is 0 Å². The molecule has 10 heteroatoms. The van der Waals surface area contributed by atoms with Gasteiger partial charge >= 0.3 is 0 Å². The lowest BCUT2D eigenvalue weighted by molar-refractivity contribution is 0.0706. The van der Waals surface area contributed by atoms with Crippen molar-refractivity contribution in [2.75, 3.05) is 5.32 Å². The molecule has 0 atom stereocenters. The first-order chi connectivity index (χ1) is 16.5. The summed E-state index contributed by atoms with van der Waals surface area (Å²) in [5, 5.41) is 11.3. The highest BCUT2D eigenvalue weighted by atomic mass is 19.1. The van der Waals surface area contributed by atoms with Crippen LogP contribution in [0.5, 0.6) is 11.5 Å². The molecular formula is C24H20FN5O4. The van der Waals surface area contributed by atoms with Gasteiger partial charge in [-0.1, -0.05) is 12.1 Å². The molecule has 6 N–H and O–H groups in total. The molecular weight excluding hydrogens is 441 g/mol. The number of aromatic nitrogens is 2. The zero-order valence-electron chi connectivity index (χ0n) is 17.7. The summed E-state index contributed by atoms with van der Waals surface area (Å²) in [4.78, 5) is 31.4. The van der Waals surface area contributed by atoms with Crippen molar-refractivity contribution in [3.63, 3.8) is 0 Å². The number of amides is 2. The molecule has 0 aliphatic rings. The van der Waals surface area contributed by atoms with Gasteiger partial charge < -0.3 is 20.8 Å². The van der Waals surface area contributed by atoms with Gasteiger partial charge in [0.15, 0.2) is 0 Å².